The Balaban J connectivity index is 0.000000170. The molecule has 0 bridgehead atoms. The summed E-state index contributed by atoms with van der Waals surface area (Å²) in [6, 6.07) is 0. The number of hydrogen-bond acceptors (Lipinski definition) is 9. The van der Waals surface area contributed by atoms with Gasteiger partial charge in [-0.15, -0.1) is 0 Å². The average Bonchev–Trinajstić information content (AvgIpc) is 3.53. The summed E-state index contributed by atoms with van der Waals surface area (Å²) >= 11 is 0. The summed E-state index contributed by atoms with van der Waals surface area (Å²) in [6.07, 6.45) is 17.5. The van der Waals surface area contributed by atoms with Gasteiger partial charge < -0.3 is 34.6 Å². The van der Waals surface area contributed by atoms with Gasteiger partial charge in [0.1, 0.15) is 13.2 Å². The zero-order valence-corrected chi connectivity index (χ0v) is 29.7. The molecule has 0 aromatic carbocycles. The summed E-state index contributed by atoms with van der Waals surface area (Å²) in [5.74, 6) is 0.230. The van der Waals surface area contributed by atoms with E-state index >= 15 is 0 Å². The van der Waals surface area contributed by atoms with Gasteiger partial charge in [-0.3, -0.25) is 0 Å². The van der Waals surface area contributed by atoms with Gasteiger partial charge in [-0.25, -0.2) is 9.59 Å². The Bertz CT molecular complexity index is 1450. The maximum atomic E-state index is 11.7. The highest BCUT2D eigenvalue weighted by Gasteiger charge is 2.66. The summed E-state index contributed by atoms with van der Waals surface area (Å²) in [4.78, 5) is 23.4. The molecule has 7 rings (SSSR count). The van der Waals surface area contributed by atoms with Crippen LogP contribution in [0, 0.1) is 45.3 Å². The van der Waals surface area contributed by atoms with Crippen molar-refractivity contribution < 1.29 is 44.2 Å². The van der Waals surface area contributed by atoms with Crippen LogP contribution in [0.2, 0.25) is 0 Å². The van der Waals surface area contributed by atoms with Gasteiger partial charge in [0.2, 0.25) is 0 Å². The molecule has 49 heavy (non-hydrogen) atoms. The van der Waals surface area contributed by atoms with Crippen molar-refractivity contribution in [1.82, 2.24) is 0 Å². The number of esters is 2. The van der Waals surface area contributed by atoms with Gasteiger partial charge >= 0.3 is 11.9 Å². The first kappa shape index (κ1) is 36.2. The number of ether oxygens (including phenoxy) is 3. The number of aliphatic hydroxyl groups excluding tert-OH is 4. The molecule has 0 aromatic rings. The van der Waals surface area contributed by atoms with E-state index in [1.165, 1.54) is 5.57 Å². The van der Waals surface area contributed by atoms with Crippen molar-refractivity contribution in [2.24, 2.45) is 45.3 Å². The first-order chi connectivity index (χ1) is 23.2. The second-order valence-electron chi connectivity index (χ2n) is 16.8. The second-order valence-corrected chi connectivity index (χ2v) is 16.8. The Morgan fingerprint density at radius 2 is 1.29 bits per heavy atom. The van der Waals surface area contributed by atoms with Gasteiger partial charge in [-0.2, -0.15) is 0 Å². The molecule has 0 radical (unpaired) electrons. The summed E-state index contributed by atoms with van der Waals surface area (Å²) in [5.41, 5.74) is 1.16. The molecule has 9 heteroatoms. The van der Waals surface area contributed by atoms with E-state index in [0.29, 0.717) is 37.2 Å². The SMILES string of the molecule is C=C1CC[C@@H]2[C@](C)(CO)[C@H](O)CC[C@@]2(C)[C@@H]1/C=C/C1=CCOC1=O.C[C@]1(CO)[C@H]2CCC3(CO3)[C@@H](/C=C/C3=CCOC3=O)[C@]2(C)CC[C@H]1O. The Morgan fingerprint density at radius 3 is 1.78 bits per heavy atom. The molecule has 4 N–H and O–H groups in total. The predicted molar refractivity (Wildman–Crippen MR) is 184 cm³/mol. The number of rotatable bonds is 6. The minimum atomic E-state index is -0.485. The third-order valence-electron chi connectivity index (χ3n) is 14.3. The van der Waals surface area contributed by atoms with Crippen LogP contribution in [-0.2, 0) is 23.8 Å². The molecular weight excluding hydrogens is 624 g/mol. The second kappa shape index (κ2) is 13.2. The van der Waals surface area contributed by atoms with Crippen molar-refractivity contribution in [1.29, 1.82) is 0 Å². The summed E-state index contributed by atoms with van der Waals surface area (Å²) in [7, 11) is 0. The lowest BCUT2D eigenvalue weighted by Crippen LogP contribution is -2.60. The highest BCUT2D eigenvalue weighted by atomic mass is 16.6. The van der Waals surface area contributed by atoms with Gasteiger partial charge in [0, 0.05) is 22.7 Å². The number of fused-ring (bicyclic) bond motifs is 2. The highest BCUT2D eigenvalue weighted by molar-refractivity contribution is 5.93. The molecule has 11 atom stereocenters. The number of allylic oxidation sites excluding steroid dienone is 2. The standard InChI is InChI=1S/C20H28O5.C20H28O4/c1-18-8-6-16(22)19(2,11-21)14(18)5-9-20(12-25-20)15(18)4-3-13-7-10-24-17(13)23;1-13-4-7-16-19(2,10-8-17(22)20(16,3)12-21)15(13)6-5-14-9-11-24-18(14)23/h3-4,7,14-16,21-22H,5-6,8-12H2,1-2H3;5-6,9,15-17,21-22H,1,4,7-8,10-12H2,2-3H3/b4-3+;6-5+/t14-,15-,16+,18+,19-,20?;15-,16+,17-,19+,20+/m01/s1. The number of aliphatic hydroxyl groups is 4. The topological polar surface area (TPSA) is 146 Å². The lowest BCUT2D eigenvalue weighted by Gasteiger charge is -2.60. The molecule has 0 aromatic heterocycles. The Hall–Kier alpha value is -2.56. The first-order valence-electron chi connectivity index (χ1n) is 18.2. The van der Waals surface area contributed by atoms with Crippen LogP contribution in [0.5, 0.6) is 0 Å². The molecule has 9 nitrogen and oxygen atoms in total. The maximum Gasteiger partial charge on any atom is 0.338 e. The summed E-state index contributed by atoms with van der Waals surface area (Å²) in [6.45, 7) is 14.3. The van der Waals surface area contributed by atoms with Crippen molar-refractivity contribution in [2.75, 3.05) is 33.0 Å². The molecule has 3 heterocycles. The fourth-order valence-corrected chi connectivity index (χ4v) is 11.1. The van der Waals surface area contributed by atoms with E-state index < -0.39 is 23.0 Å². The molecular formula is C40H56O9. The summed E-state index contributed by atoms with van der Waals surface area (Å²) < 4.78 is 15.9. The number of carbonyl (C=O) groups is 2. The highest BCUT2D eigenvalue weighted by Crippen LogP contribution is 2.66. The van der Waals surface area contributed by atoms with Gasteiger partial charge in [-0.1, -0.05) is 64.2 Å². The van der Waals surface area contributed by atoms with Gasteiger partial charge in [0.15, 0.2) is 0 Å². The van der Waals surface area contributed by atoms with Crippen LogP contribution in [0.1, 0.15) is 79.1 Å². The zero-order chi connectivity index (χ0) is 35.4. The average molecular weight is 681 g/mol. The minimum Gasteiger partial charge on any atom is -0.458 e. The lowest BCUT2D eigenvalue weighted by molar-refractivity contribution is -0.167. The molecule has 0 amide bonds. The van der Waals surface area contributed by atoms with Crippen LogP contribution < -0.4 is 0 Å². The third kappa shape index (κ3) is 6.01. The molecule has 270 valence electrons. The van der Waals surface area contributed by atoms with Gasteiger partial charge in [-0.05, 0) is 86.2 Å². The molecule has 7 aliphatic rings. The molecule has 1 unspecified atom stereocenters. The van der Waals surface area contributed by atoms with E-state index in [4.69, 9.17) is 14.2 Å². The van der Waals surface area contributed by atoms with E-state index in [9.17, 15) is 30.0 Å². The van der Waals surface area contributed by atoms with E-state index in [1.54, 1.807) is 6.08 Å². The maximum absolute atomic E-state index is 11.7. The van der Waals surface area contributed by atoms with E-state index in [1.807, 2.05) is 32.1 Å². The van der Waals surface area contributed by atoms with Crippen molar-refractivity contribution in [3.05, 3.63) is 59.8 Å². The van der Waals surface area contributed by atoms with Crippen molar-refractivity contribution >= 4 is 11.9 Å². The van der Waals surface area contributed by atoms with Gasteiger partial charge in [0.25, 0.3) is 0 Å². The number of carbonyl (C=O) groups excluding carboxylic acids is 2. The zero-order valence-electron chi connectivity index (χ0n) is 29.7. The number of cyclic esters (lactones) is 2. The van der Waals surface area contributed by atoms with Crippen LogP contribution in [0.25, 0.3) is 0 Å². The van der Waals surface area contributed by atoms with E-state index in [0.717, 1.165) is 45.1 Å². The quantitative estimate of drug-likeness (QED) is 0.177. The molecule has 4 saturated carbocycles. The molecule has 3 aliphatic heterocycles. The minimum absolute atomic E-state index is 0.00378. The molecule has 1 spiro atoms. The van der Waals surface area contributed by atoms with Crippen LogP contribution in [-0.4, -0.2) is 83.2 Å². The number of epoxide rings is 1. The van der Waals surface area contributed by atoms with Gasteiger partial charge in [0.05, 0.1) is 48.8 Å². The van der Waals surface area contributed by atoms with E-state index in [-0.39, 0.29) is 65.3 Å². The predicted octanol–water partition coefficient (Wildman–Crippen LogP) is 4.75. The Morgan fingerprint density at radius 1 is 0.776 bits per heavy atom. The Kier molecular flexibility index (Phi) is 9.77. The summed E-state index contributed by atoms with van der Waals surface area (Å²) in [5, 5.41) is 41.1. The fraction of sp³-hybridized carbons (Fsp3) is 0.700. The normalized spacial score (nSPS) is 46.1. The van der Waals surface area contributed by atoms with Crippen molar-refractivity contribution in [3.63, 3.8) is 0 Å². The first-order valence-corrected chi connectivity index (χ1v) is 18.2. The monoisotopic (exact) mass is 680 g/mol. The smallest absolute Gasteiger partial charge is 0.338 e. The molecule has 5 fully saturated rings. The fourth-order valence-electron chi connectivity index (χ4n) is 11.1. The van der Waals surface area contributed by atoms with Crippen LogP contribution in [0.15, 0.2) is 59.8 Å². The number of hydrogen-bond donors (Lipinski definition) is 4. The van der Waals surface area contributed by atoms with Crippen LogP contribution in [0.3, 0.4) is 0 Å². The largest absolute Gasteiger partial charge is 0.458 e. The van der Waals surface area contributed by atoms with Crippen LogP contribution >= 0.6 is 0 Å². The lowest BCUT2D eigenvalue weighted by atomic mass is 9.45. The molecule has 1 saturated heterocycles. The third-order valence-corrected chi connectivity index (χ3v) is 14.3. The Labute approximate surface area is 290 Å². The van der Waals surface area contributed by atoms with Crippen LogP contribution in [0.4, 0.5) is 0 Å². The van der Waals surface area contributed by atoms with Crippen molar-refractivity contribution in [3.8, 4) is 0 Å². The van der Waals surface area contributed by atoms with Crippen molar-refractivity contribution in [2.45, 2.75) is 96.9 Å². The van der Waals surface area contributed by atoms with E-state index in [2.05, 4.69) is 32.6 Å². The molecule has 4 aliphatic carbocycles.